The van der Waals surface area contributed by atoms with Crippen molar-refractivity contribution in [3.63, 3.8) is 0 Å². The minimum absolute atomic E-state index is 0.0375. The van der Waals surface area contributed by atoms with Gasteiger partial charge >= 0.3 is 0 Å². The standard InChI is InChI=1S/C22H32N2O2/c1-17(2)20-9-11-21(12-10-20)23-22(26)14-16-24(18(3)25)15-13-19-7-5-4-6-8-19/h7,9-12,17H,4-6,8,13-16H2,1-3H3,(H,23,26). The van der Waals surface area contributed by atoms with E-state index in [1.807, 2.05) is 24.3 Å². The summed E-state index contributed by atoms with van der Waals surface area (Å²) in [6.07, 6.45) is 8.41. The number of hydrogen-bond donors (Lipinski definition) is 1. The zero-order valence-corrected chi connectivity index (χ0v) is 16.4. The minimum atomic E-state index is -0.0505. The molecule has 0 aliphatic heterocycles. The van der Waals surface area contributed by atoms with Crippen LogP contribution >= 0.6 is 0 Å². The number of allylic oxidation sites excluding steroid dienone is 1. The highest BCUT2D eigenvalue weighted by Crippen LogP contribution is 2.20. The first-order valence-electron chi connectivity index (χ1n) is 9.79. The van der Waals surface area contributed by atoms with Crippen LogP contribution in [-0.4, -0.2) is 29.8 Å². The van der Waals surface area contributed by atoms with Gasteiger partial charge in [0.15, 0.2) is 0 Å². The fraction of sp³-hybridized carbons (Fsp3) is 0.545. The van der Waals surface area contributed by atoms with Crippen LogP contribution in [0.3, 0.4) is 0 Å². The second kappa shape index (κ2) is 10.1. The Labute approximate surface area is 157 Å². The third-order valence-electron chi connectivity index (χ3n) is 5.00. The van der Waals surface area contributed by atoms with E-state index < -0.39 is 0 Å². The average Bonchev–Trinajstić information content (AvgIpc) is 2.62. The number of nitrogens with zero attached hydrogens (tertiary/aromatic N) is 1. The highest BCUT2D eigenvalue weighted by atomic mass is 16.2. The van der Waals surface area contributed by atoms with Gasteiger partial charge in [0.25, 0.3) is 0 Å². The van der Waals surface area contributed by atoms with Gasteiger partial charge in [0, 0.05) is 32.1 Å². The van der Waals surface area contributed by atoms with Crippen molar-refractivity contribution in [3.05, 3.63) is 41.5 Å². The maximum atomic E-state index is 12.2. The van der Waals surface area contributed by atoms with E-state index in [0.29, 0.717) is 25.4 Å². The predicted molar refractivity (Wildman–Crippen MR) is 107 cm³/mol. The summed E-state index contributed by atoms with van der Waals surface area (Å²) in [6.45, 7) is 7.05. The number of nitrogens with one attached hydrogen (secondary N) is 1. The number of rotatable bonds is 8. The van der Waals surface area contributed by atoms with Crippen LogP contribution in [0.2, 0.25) is 0 Å². The summed E-state index contributed by atoms with van der Waals surface area (Å²) in [5.41, 5.74) is 3.51. The Morgan fingerprint density at radius 2 is 1.85 bits per heavy atom. The average molecular weight is 357 g/mol. The summed E-state index contributed by atoms with van der Waals surface area (Å²) in [5.74, 6) is 0.462. The van der Waals surface area contributed by atoms with Gasteiger partial charge in [-0.3, -0.25) is 9.59 Å². The Morgan fingerprint density at radius 3 is 2.42 bits per heavy atom. The van der Waals surface area contributed by atoms with Crippen molar-refractivity contribution < 1.29 is 9.59 Å². The van der Waals surface area contributed by atoms with E-state index in [2.05, 4.69) is 25.2 Å². The minimum Gasteiger partial charge on any atom is -0.342 e. The van der Waals surface area contributed by atoms with Gasteiger partial charge in [-0.1, -0.05) is 37.6 Å². The monoisotopic (exact) mass is 356 g/mol. The SMILES string of the molecule is CC(=O)N(CCC(=O)Nc1ccc(C(C)C)cc1)CCC1=CCCCC1. The molecule has 0 saturated heterocycles. The lowest BCUT2D eigenvalue weighted by atomic mass is 9.97. The molecule has 0 aromatic heterocycles. The Kier molecular flexibility index (Phi) is 7.89. The number of carbonyl (C=O) groups is 2. The van der Waals surface area contributed by atoms with E-state index in [1.165, 1.54) is 24.0 Å². The van der Waals surface area contributed by atoms with Crippen molar-refractivity contribution >= 4 is 17.5 Å². The van der Waals surface area contributed by atoms with Crippen LogP contribution in [0.25, 0.3) is 0 Å². The molecule has 0 heterocycles. The predicted octanol–water partition coefficient (Wildman–Crippen LogP) is 4.88. The molecule has 0 spiro atoms. The number of benzene rings is 1. The molecule has 0 unspecified atom stereocenters. The van der Waals surface area contributed by atoms with Gasteiger partial charge in [-0.05, 0) is 55.7 Å². The van der Waals surface area contributed by atoms with Crippen LogP contribution in [0.5, 0.6) is 0 Å². The zero-order valence-electron chi connectivity index (χ0n) is 16.4. The normalized spacial score (nSPS) is 14.1. The second-order valence-electron chi connectivity index (χ2n) is 7.44. The van der Waals surface area contributed by atoms with Crippen molar-refractivity contribution in [1.82, 2.24) is 4.90 Å². The van der Waals surface area contributed by atoms with Gasteiger partial charge in [-0.25, -0.2) is 0 Å². The van der Waals surface area contributed by atoms with Gasteiger partial charge in [0.1, 0.15) is 0 Å². The first kappa shape index (κ1) is 20.2. The van der Waals surface area contributed by atoms with Gasteiger partial charge < -0.3 is 10.2 Å². The molecule has 142 valence electrons. The van der Waals surface area contributed by atoms with Crippen LogP contribution in [0.1, 0.15) is 70.8 Å². The highest BCUT2D eigenvalue weighted by molar-refractivity contribution is 5.91. The van der Waals surface area contributed by atoms with Crippen molar-refractivity contribution in [1.29, 1.82) is 0 Å². The fourth-order valence-corrected chi connectivity index (χ4v) is 3.25. The Bertz CT molecular complexity index is 632. The van der Waals surface area contributed by atoms with Crippen molar-refractivity contribution in [2.24, 2.45) is 0 Å². The molecule has 1 aliphatic carbocycles. The van der Waals surface area contributed by atoms with E-state index in [1.54, 1.807) is 11.8 Å². The Hall–Kier alpha value is -2.10. The van der Waals surface area contributed by atoms with Gasteiger partial charge in [0.2, 0.25) is 11.8 Å². The molecule has 1 aromatic rings. The maximum absolute atomic E-state index is 12.2. The fourth-order valence-electron chi connectivity index (χ4n) is 3.25. The van der Waals surface area contributed by atoms with Crippen LogP contribution in [0, 0.1) is 0 Å². The van der Waals surface area contributed by atoms with Crippen LogP contribution in [0.15, 0.2) is 35.9 Å². The van der Waals surface area contributed by atoms with Crippen LogP contribution in [-0.2, 0) is 9.59 Å². The molecule has 0 saturated carbocycles. The molecule has 2 rings (SSSR count). The summed E-state index contributed by atoms with van der Waals surface area (Å²) in [4.78, 5) is 25.9. The molecular formula is C22H32N2O2. The van der Waals surface area contributed by atoms with Crippen molar-refractivity contribution in [2.75, 3.05) is 18.4 Å². The third-order valence-corrected chi connectivity index (χ3v) is 5.00. The smallest absolute Gasteiger partial charge is 0.226 e. The zero-order chi connectivity index (χ0) is 18.9. The summed E-state index contributed by atoms with van der Waals surface area (Å²) < 4.78 is 0. The molecule has 0 bridgehead atoms. The lowest BCUT2D eigenvalue weighted by molar-refractivity contribution is -0.129. The lowest BCUT2D eigenvalue weighted by Crippen LogP contribution is -2.33. The third kappa shape index (κ3) is 6.66. The van der Waals surface area contributed by atoms with Gasteiger partial charge in [-0.2, -0.15) is 0 Å². The maximum Gasteiger partial charge on any atom is 0.226 e. The van der Waals surface area contributed by atoms with E-state index in [-0.39, 0.29) is 11.8 Å². The topological polar surface area (TPSA) is 49.4 Å². The van der Waals surface area contributed by atoms with E-state index in [4.69, 9.17) is 0 Å². The summed E-state index contributed by atoms with van der Waals surface area (Å²) >= 11 is 0. The molecule has 1 aliphatic rings. The quantitative estimate of drug-likeness (QED) is 0.675. The van der Waals surface area contributed by atoms with Crippen molar-refractivity contribution in [2.45, 2.75) is 65.2 Å². The van der Waals surface area contributed by atoms with Gasteiger partial charge in [0.05, 0.1) is 0 Å². The van der Waals surface area contributed by atoms with Crippen LogP contribution in [0.4, 0.5) is 5.69 Å². The van der Waals surface area contributed by atoms with E-state index >= 15 is 0 Å². The first-order chi connectivity index (χ1) is 12.5. The number of amides is 2. The molecule has 2 amide bonds. The molecule has 1 aromatic carbocycles. The van der Waals surface area contributed by atoms with E-state index in [9.17, 15) is 9.59 Å². The number of hydrogen-bond acceptors (Lipinski definition) is 2. The molecule has 0 atom stereocenters. The molecule has 4 nitrogen and oxygen atoms in total. The molecule has 0 fully saturated rings. The first-order valence-corrected chi connectivity index (χ1v) is 9.79. The summed E-state index contributed by atoms with van der Waals surface area (Å²) in [5, 5.41) is 2.92. The largest absolute Gasteiger partial charge is 0.342 e. The van der Waals surface area contributed by atoms with Gasteiger partial charge in [-0.15, -0.1) is 0 Å². The molecule has 4 heteroatoms. The van der Waals surface area contributed by atoms with Crippen molar-refractivity contribution in [3.8, 4) is 0 Å². The lowest BCUT2D eigenvalue weighted by Gasteiger charge is -2.22. The highest BCUT2D eigenvalue weighted by Gasteiger charge is 2.13. The molecule has 26 heavy (non-hydrogen) atoms. The molecule has 1 N–H and O–H groups in total. The Balaban J connectivity index is 1.78. The second-order valence-corrected chi connectivity index (χ2v) is 7.44. The van der Waals surface area contributed by atoms with Crippen LogP contribution < -0.4 is 5.32 Å². The Morgan fingerprint density at radius 1 is 1.12 bits per heavy atom. The molecule has 0 radical (unpaired) electrons. The summed E-state index contributed by atoms with van der Waals surface area (Å²) in [6, 6.07) is 7.96. The summed E-state index contributed by atoms with van der Waals surface area (Å²) in [7, 11) is 0. The number of anilines is 1. The molecular weight excluding hydrogens is 324 g/mol. The number of carbonyl (C=O) groups excluding carboxylic acids is 2. The van der Waals surface area contributed by atoms with E-state index in [0.717, 1.165) is 24.9 Å².